The Morgan fingerprint density at radius 3 is 2.84 bits per heavy atom. The number of hydrogen-bond acceptors (Lipinski definition) is 2. The van der Waals surface area contributed by atoms with Gasteiger partial charge in [0.05, 0.1) is 6.54 Å². The molecule has 0 saturated heterocycles. The molecule has 0 aromatic heterocycles. The lowest BCUT2D eigenvalue weighted by Crippen LogP contribution is -2.29. The van der Waals surface area contributed by atoms with Gasteiger partial charge in [-0.05, 0) is 43.0 Å². The first-order valence-electron chi connectivity index (χ1n) is 6.56. The van der Waals surface area contributed by atoms with Crippen molar-refractivity contribution in [3.63, 3.8) is 0 Å². The molecule has 1 amide bonds. The monoisotopic (exact) mass is 263 g/mol. The van der Waals surface area contributed by atoms with Gasteiger partial charge < -0.3 is 10.1 Å². The summed E-state index contributed by atoms with van der Waals surface area (Å²) >= 11 is 0. The molecule has 1 atom stereocenters. The molecule has 0 radical (unpaired) electrons. The van der Waals surface area contributed by atoms with E-state index in [-0.39, 0.29) is 11.7 Å². The summed E-state index contributed by atoms with van der Waals surface area (Å²) in [6.07, 6.45) is 6.92. The van der Waals surface area contributed by atoms with Gasteiger partial charge in [-0.25, -0.2) is 4.39 Å². The lowest BCUT2D eigenvalue weighted by atomic mass is 10.1. The molecule has 1 aromatic carbocycles. The molecule has 0 fully saturated rings. The third-order valence-corrected chi connectivity index (χ3v) is 3.07. The number of nitrogens with one attached hydrogen (secondary N) is 1. The van der Waals surface area contributed by atoms with E-state index in [2.05, 4.69) is 17.5 Å². The van der Waals surface area contributed by atoms with Crippen molar-refractivity contribution in [2.24, 2.45) is 5.92 Å². The fraction of sp³-hybridized carbons (Fsp3) is 0.400. The van der Waals surface area contributed by atoms with Crippen molar-refractivity contribution in [3.05, 3.63) is 42.2 Å². The van der Waals surface area contributed by atoms with Gasteiger partial charge in [-0.15, -0.1) is 0 Å². The van der Waals surface area contributed by atoms with Gasteiger partial charge in [0.15, 0.2) is 0 Å². The van der Waals surface area contributed by atoms with Gasteiger partial charge in [-0.1, -0.05) is 12.2 Å². The van der Waals surface area contributed by atoms with E-state index in [9.17, 15) is 9.18 Å². The summed E-state index contributed by atoms with van der Waals surface area (Å²) in [7, 11) is 0. The van der Waals surface area contributed by atoms with Crippen molar-refractivity contribution in [1.29, 1.82) is 0 Å². The Morgan fingerprint density at radius 2 is 2.16 bits per heavy atom. The Labute approximate surface area is 112 Å². The van der Waals surface area contributed by atoms with Crippen LogP contribution in [0.4, 0.5) is 4.39 Å². The van der Waals surface area contributed by atoms with Crippen molar-refractivity contribution in [1.82, 2.24) is 5.32 Å². The van der Waals surface area contributed by atoms with E-state index in [0.29, 0.717) is 31.2 Å². The number of ether oxygens (including phenoxy) is 1. The highest BCUT2D eigenvalue weighted by Crippen LogP contribution is 2.19. The van der Waals surface area contributed by atoms with Crippen LogP contribution in [0.3, 0.4) is 0 Å². The lowest BCUT2D eigenvalue weighted by Gasteiger charge is -2.09. The maximum Gasteiger partial charge on any atom is 0.220 e. The van der Waals surface area contributed by atoms with Gasteiger partial charge in [-0.3, -0.25) is 4.79 Å². The van der Waals surface area contributed by atoms with Gasteiger partial charge in [0, 0.05) is 6.42 Å². The number of rotatable bonds is 6. The van der Waals surface area contributed by atoms with Crippen molar-refractivity contribution < 1.29 is 13.9 Å². The zero-order valence-electron chi connectivity index (χ0n) is 10.8. The average Bonchev–Trinajstić information content (AvgIpc) is 2.89. The van der Waals surface area contributed by atoms with E-state index in [1.807, 2.05) is 0 Å². The number of amides is 1. The first-order chi connectivity index (χ1) is 9.24. The van der Waals surface area contributed by atoms with Crippen LogP contribution in [0.5, 0.6) is 5.75 Å². The van der Waals surface area contributed by atoms with Crippen LogP contribution in [0, 0.1) is 11.7 Å². The number of benzene rings is 1. The Bertz CT molecular complexity index is 442. The van der Waals surface area contributed by atoms with Crippen molar-refractivity contribution in [2.45, 2.75) is 19.3 Å². The Hall–Kier alpha value is -1.84. The summed E-state index contributed by atoms with van der Waals surface area (Å²) in [5.41, 5.74) is 0. The largest absolute Gasteiger partial charge is 0.492 e. The summed E-state index contributed by atoms with van der Waals surface area (Å²) < 4.78 is 18.0. The van der Waals surface area contributed by atoms with E-state index >= 15 is 0 Å². The van der Waals surface area contributed by atoms with E-state index in [0.717, 1.165) is 12.8 Å². The molecule has 1 N–H and O–H groups in total. The van der Waals surface area contributed by atoms with Crippen molar-refractivity contribution in [2.75, 3.05) is 13.2 Å². The highest BCUT2D eigenvalue weighted by atomic mass is 19.1. The number of carbonyl (C=O) groups excluding carboxylic acids is 1. The second kappa shape index (κ2) is 6.92. The predicted octanol–water partition coefficient (Wildman–Crippen LogP) is 2.68. The number of halogens is 1. The summed E-state index contributed by atoms with van der Waals surface area (Å²) in [5, 5.41) is 2.82. The molecular weight excluding hydrogens is 245 g/mol. The summed E-state index contributed by atoms with van der Waals surface area (Å²) in [5.74, 6) is 0.761. The molecule has 0 aliphatic heterocycles. The highest BCUT2D eigenvalue weighted by molar-refractivity contribution is 5.76. The summed E-state index contributed by atoms with van der Waals surface area (Å²) in [6, 6.07) is 5.83. The van der Waals surface area contributed by atoms with E-state index in [1.165, 1.54) is 12.1 Å². The first kappa shape index (κ1) is 13.6. The molecule has 4 heteroatoms. The zero-order chi connectivity index (χ0) is 13.5. The molecule has 3 nitrogen and oxygen atoms in total. The number of allylic oxidation sites excluding steroid dienone is 2. The molecule has 1 unspecified atom stereocenters. The molecule has 0 heterocycles. The van der Waals surface area contributed by atoms with Gasteiger partial charge >= 0.3 is 0 Å². The second-order valence-electron chi connectivity index (χ2n) is 4.62. The normalized spacial score (nSPS) is 17.4. The number of carbonyl (C=O) groups is 1. The maximum atomic E-state index is 12.7. The van der Waals surface area contributed by atoms with E-state index in [1.54, 1.807) is 12.1 Å². The number of hydrogen-bond donors (Lipinski definition) is 1. The van der Waals surface area contributed by atoms with Crippen LogP contribution in [-0.4, -0.2) is 19.1 Å². The van der Waals surface area contributed by atoms with Gasteiger partial charge in [0.25, 0.3) is 0 Å². The minimum absolute atomic E-state index is 0.0549. The third kappa shape index (κ3) is 4.73. The van der Waals surface area contributed by atoms with E-state index < -0.39 is 0 Å². The van der Waals surface area contributed by atoms with Gasteiger partial charge in [0.1, 0.15) is 18.2 Å². The minimum atomic E-state index is -0.287. The first-order valence-corrected chi connectivity index (χ1v) is 6.56. The van der Waals surface area contributed by atoms with Crippen molar-refractivity contribution in [3.8, 4) is 5.75 Å². The van der Waals surface area contributed by atoms with Crippen LogP contribution in [-0.2, 0) is 4.79 Å². The van der Waals surface area contributed by atoms with Crippen LogP contribution in [0.15, 0.2) is 36.4 Å². The molecular formula is C15H18FNO2. The van der Waals surface area contributed by atoms with Crippen LogP contribution in [0.2, 0.25) is 0 Å². The van der Waals surface area contributed by atoms with Crippen LogP contribution >= 0.6 is 0 Å². The minimum Gasteiger partial charge on any atom is -0.492 e. The lowest BCUT2D eigenvalue weighted by molar-refractivity contribution is -0.121. The SMILES string of the molecule is O=C(CC1C=CCC1)NCCOc1ccc(F)cc1. The Balaban J connectivity index is 1.59. The molecule has 0 spiro atoms. The Kier molecular flexibility index (Phi) is 4.95. The average molecular weight is 263 g/mol. The highest BCUT2D eigenvalue weighted by Gasteiger charge is 2.13. The quantitative estimate of drug-likeness (QED) is 0.633. The zero-order valence-corrected chi connectivity index (χ0v) is 10.8. The van der Waals surface area contributed by atoms with Crippen molar-refractivity contribution >= 4 is 5.91 Å². The molecule has 0 bridgehead atoms. The van der Waals surface area contributed by atoms with Gasteiger partial charge in [0.2, 0.25) is 5.91 Å². The fourth-order valence-electron chi connectivity index (χ4n) is 2.07. The van der Waals surface area contributed by atoms with Crippen LogP contribution < -0.4 is 10.1 Å². The molecule has 102 valence electrons. The second-order valence-corrected chi connectivity index (χ2v) is 4.62. The van der Waals surface area contributed by atoms with Crippen LogP contribution in [0.25, 0.3) is 0 Å². The summed E-state index contributed by atoms with van der Waals surface area (Å²) in [4.78, 5) is 11.6. The third-order valence-electron chi connectivity index (χ3n) is 3.07. The molecule has 0 saturated carbocycles. The molecule has 19 heavy (non-hydrogen) atoms. The standard InChI is InChI=1S/C15H18FNO2/c16-13-5-7-14(8-6-13)19-10-9-17-15(18)11-12-3-1-2-4-12/h1,3,5-8,12H,2,4,9-11H2,(H,17,18). The Morgan fingerprint density at radius 1 is 1.37 bits per heavy atom. The predicted molar refractivity (Wildman–Crippen MR) is 71.4 cm³/mol. The van der Waals surface area contributed by atoms with Crippen LogP contribution in [0.1, 0.15) is 19.3 Å². The molecule has 1 aromatic rings. The maximum absolute atomic E-state index is 12.7. The smallest absolute Gasteiger partial charge is 0.220 e. The van der Waals surface area contributed by atoms with E-state index in [4.69, 9.17) is 4.74 Å². The summed E-state index contributed by atoms with van der Waals surface area (Å²) in [6.45, 7) is 0.852. The molecule has 1 aliphatic carbocycles. The topological polar surface area (TPSA) is 38.3 Å². The molecule has 2 rings (SSSR count). The fourth-order valence-corrected chi connectivity index (χ4v) is 2.07. The van der Waals surface area contributed by atoms with Gasteiger partial charge in [-0.2, -0.15) is 0 Å². The molecule has 1 aliphatic rings.